The van der Waals surface area contributed by atoms with Crippen LogP contribution in [0.4, 0.5) is 13.2 Å². The quantitative estimate of drug-likeness (QED) is 0.108. The van der Waals surface area contributed by atoms with E-state index >= 15 is 0 Å². The Bertz CT molecular complexity index is 1860. The number of halogens is 3. The third-order valence-corrected chi connectivity index (χ3v) is 10.2. The first-order chi connectivity index (χ1) is 26.1. The van der Waals surface area contributed by atoms with Crippen LogP contribution in [0.3, 0.4) is 0 Å². The molecule has 13 heteroatoms. The topological polar surface area (TPSA) is 107 Å². The molecule has 0 aromatic heterocycles. The van der Waals surface area contributed by atoms with Crippen molar-refractivity contribution < 1.29 is 46.5 Å². The minimum Gasteiger partial charge on any atom is -0.497 e. The van der Waals surface area contributed by atoms with E-state index in [9.17, 15) is 27.6 Å². The van der Waals surface area contributed by atoms with Crippen molar-refractivity contribution in [3.05, 3.63) is 94.3 Å². The number of esters is 1. The molecule has 1 saturated carbocycles. The van der Waals surface area contributed by atoms with Gasteiger partial charge in [0, 0.05) is 56.2 Å². The Morgan fingerprint density at radius 2 is 1.56 bits per heavy atom. The third kappa shape index (κ3) is 9.18. The maximum Gasteiger partial charge on any atom is 0.305 e. The Labute approximate surface area is 313 Å². The zero-order valence-corrected chi connectivity index (χ0v) is 30.8. The lowest BCUT2D eigenvalue weighted by molar-refractivity contribution is -0.141. The van der Waals surface area contributed by atoms with Gasteiger partial charge in [-0.3, -0.25) is 14.4 Å². The molecule has 288 valence electrons. The molecule has 0 spiro atoms. The van der Waals surface area contributed by atoms with Crippen LogP contribution in [0.25, 0.3) is 5.57 Å². The highest BCUT2D eigenvalue weighted by Crippen LogP contribution is 2.38. The average molecular weight is 750 g/mol. The van der Waals surface area contributed by atoms with Gasteiger partial charge in [0.2, 0.25) is 11.7 Å². The normalized spacial score (nSPS) is 17.9. The number of benzene rings is 3. The minimum absolute atomic E-state index is 0.00799. The summed E-state index contributed by atoms with van der Waals surface area (Å²) in [6.45, 7) is 1.13. The van der Waals surface area contributed by atoms with Gasteiger partial charge in [0.25, 0.3) is 5.91 Å². The minimum atomic E-state index is -1.35. The molecule has 2 bridgehead atoms. The highest BCUT2D eigenvalue weighted by atomic mass is 19.2. The fraction of sp³-hybridized carbons (Fsp3) is 0.439. The smallest absolute Gasteiger partial charge is 0.305 e. The van der Waals surface area contributed by atoms with Crippen molar-refractivity contribution in [2.24, 2.45) is 0 Å². The second-order valence-corrected chi connectivity index (χ2v) is 13.9. The number of carbonyl (C=O) groups excluding carboxylic acids is 3. The first-order valence-corrected chi connectivity index (χ1v) is 18.3. The van der Waals surface area contributed by atoms with E-state index in [4.69, 9.17) is 18.9 Å². The van der Waals surface area contributed by atoms with Crippen LogP contribution in [-0.2, 0) is 32.1 Å². The van der Waals surface area contributed by atoms with Crippen molar-refractivity contribution in [1.82, 2.24) is 15.1 Å². The van der Waals surface area contributed by atoms with E-state index in [-0.39, 0.29) is 49.3 Å². The predicted octanol–water partition coefficient (Wildman–Crippen LogP) is 5.99. The van der Waals surface area contributed by atoms with Crippen LogP contribution in [0, 0.1) is 17.5 Å². The number of piperazine rings is 1. The van der Waals surface area contributed by atoms with Crippen LogP contribution in [0.5, 0.6) is 17.2 Å². The number of amides is 2. The Kier molecular flexibility index (Phi) is 12.5. The zero-order chi connectivity index (χ0) is 38.4. The van der Waals surface area contributed by atoms with Crippen LogP contribution >= 0.6 is 0 Å². The number of hydrogen-bond donors (Lipinski definition) is 1. The number of ether oxygens (including phenoxy) is 4. The standard InChI is InChI=1S/C41H46F3N3O7/c1-51-30-18-26(19-31(21-30)52-2)22-47(29-13-14-29)41(50)38-32(20-28-23-46(24-35(38)45-28)36(48)7-4-8-37(49)53-3)27-11-9-25(10-12-27)6-5-17-54-40-34(43)16-15-33(42)39(40)44/h9-12,15-16,18-19,21,28-29,35,45H,4-8,13-14,17,20,22-24H2,1-3H3/t28-,35-/m1/s1. The van der Waals surface area contributed by atoms with Crippen LogP contribution < -0.4 is 19.5 Å². The van der Waals surface area contributed by atoms with Crippen molar-refractivity contribution in [1.29, 1.82) is 0 Å². The fourth-order valence-electron chi connectivity index (χ4n) is 7.24. The van der Waals surface area contributed by atoms with Gasteiger partial charge in [0.05, 0.1) is 34.0 Å². The second-order valence-electron chi connectivity index (χ2n) is 13.9. The lowest BCUT2D eigenvalue weighted by atomic mass is 9.82. The maximum absolute atomic E-state index is 14.9. The van der Waals surface area contributed by atoms with Crippen LogP contribution in [0.1, 0.15) is 61.6 Å². The summed E-state index contributed by atoms with van der Waals surface area (Å²) in [4.78, 5) is 43.6. The van der Waals surface area contributed by atoms with Gasteiger partial charge in [0.15, 0.2) is 17.4 Å². The van der Waals surface area contributed by atoms with E-state index in [2.05, 4.69) is 5.32 Å². The van der Waals surface area contributed by atoms with E-state index in [0.717, 1.165) is 47.2 Å². The number of aryl methyl sites for hydroxylation is 1. The lowest BCUT2D eigenvalue weighted by Gasteiger charge is -2.45. The molecular formula is C41H46F3N3O7. The van der Waals surface area contributed by atoms with Crippen LogP contribution in [-0.4, -0.2) is 86.7 Å². The molecule has 3 aromatic carbocycles. The summed E-state index contributed by atoms with van der Waals surface area (Å²) in [6, 6.07) is 14.6. The monoisotopic (exact) mass is 749 g/mol. The summed E-state index contributed by atoms with van der Waals surface area (Å²) >= 11 is 0. The Hall–Kier alpha value is -5.04. The van der Waals surface area contributed by atoms with Crippen LogP contribution in [0.15, 0.2) is 60.2 Å². The molecule has 10 nitrogen and oxygen atoms in total. The molecule has 2 fully saturated rings. The van der Waals surface area contributed by atoms with Gasteiger partial charge in [-0.2, -0.15) is 4.39 Å². The molecule has 1 saturated heterocycles. The van der Waals surface area contributed by atoms with E-state index in [0.29, 0.717) is 62.4 Å². The Morgan fingerprint density at radius 3 is 2.22 bits per heavy atom. The van der Waals surface area contributed by atoms with Gasteiger partial charge >= 0.3 is 5.97 Å². The molecule has 1 N–H and O–H groups in total. The summed E-state index contributed by atoms with van der Waals surface area (Å²) in [7, 11) is 4.50. The largest absolute Gasteiger partial charge is 0.497 e. The van der Waals surface area contributed by atoms with E-state index in [1.165, 1.54) is 7.11 Å². The van der Waals surface area contributed by atoms with Gasteiger partial charge < -0.3 is 34.1 Å². The number of methoxy groups -OCH3 is 3. The fourth-order valence-corrected chi connectivity index (χ4v) is 7.24. The van der Waals surface area contributed by atoms with Crippen molar-refractivity contribution in [2.75, 3.05) is 41.0 Å². The number of fused-ring (bicyclic) bond motifs is 2. The molecule has 2 amide bonds. The zero-order valence-electron chi connectivity index (χ0n) is 30.8. The molecule has 3 aromatic rings. The number of rotatable bonds is 16. The van der Waals surface area contributed by atoms with Gasteiger partial charge in [0.1, 0.15) is 11.5 Å². The van der Waals surface area contributed by atoms with Crippen molar-refractivity contribution >= 4 is 23.4 Å². The predicted molar refractivity (Wildman–Crippen MR) is 194 cm³/mol. The number of nitrogens with zero attached hydrogens (tertiary/aromatic N) is 2. The average Bonchev–Trinajstić information content (AvgIpc) is 4.03. The highest BCUT2D eigenvalue weighted by molar-refractivity contribution is 6.03. The third-order valence-electron chi connectivity index (χ3n) is 10.2. The summed E-state index contributed by atoms with van der Waals surface area (Å²) in [6.07, 6.45) is 4.02. The summed E-state index contributed by atoms with van der Waals surface area (Å²) in [5.74, 6) is -3.47. The molecule has 54 heavy (non-hydrogen) atoms. The molecule has 1 aliphatic carbocycles. The van der Waals surface area contributed by atoms with Crippen molar-refractivity contribution in [3.63, 3.8) is 0 Å². The Morgan fingerprint density at radius 1 is 0.852 bits per heavy atom. The van der Waals surface area contributed by atoms with Gasteiger partial charge in [-0.15, -0.1) is 0 Å². The molecule has 2 heterocycles. The molecule has 2 aliphatic heterocycles. The van der Waals surface area contributed by atoms with Gasteiger partial charge in [-0.1, -0.05) is 24.3 Å². The van der Waals surface area contributed by atoms with Crippen molar-refractivity contribution in [2.45, 2.75) is 76.0 Å². The first kappa shape index (κ1) is 38.7. The molecule has 0 unspecified atom stereocenters. The molecule has 0 radical (unpaired) electrons. The van der Waals surface area contributed by atoms with Gasteiger partial charge in [-0.05, 0) is 85.1 Å². The van der Waals surface area contributed by atoms with E-state index in [1.54, 1.807) is 25.2 Å². The molecular weight excluding hydrogens is 703 g/mol. The molecule has 6 rings (SSSR count). The molecule has 2 atom stereocenters. The van der Waals surface area contributed by atoms with E-state index < -0.39 is 29.2 Å². The number of hydrogen-bond acceptors (Lipinski definition) is 8. The first-order valence-electron chi connectivity index (χ1n) is 18.3. The lowest BCUT2D eigenvalue weighted by Crippen LogP contribution is -2.62. The molecule has 3 aliphatic rings. The number of nitrogens with one attached hydrogen (secondary N) is 1. The summed E-state index contributed by atoms with van der Waals surface area (Å²) < 4.78 is 62.5. The second kappa shape index (κ2) is 17.4. The maximum atomic E-state index is 14.9. The SMILES string of the molecule is COC(=O)CCCC(=O)N1C[C@H]2CC(c3ccc(CCCOc4c(F)ccc(F)c4F)cc3)=C(C(=O)N(Cc3cc(OC)cc(OC)c3)C3CC3)[C@@H](C1)N2. The van der Waals surface area contributed by atoms with Gasteiger partial charge in [-0.25, -0.2) is 8.78 Å². The highest BCUT2D eigenvalue weighted by Gasteiger charge is 2.43. The van der Waals surface area contributed by atoms with Crippen molar-refractivity contribution in [3.8, 4) is 17.2 Å². The summed E-state index contributed by atoms with van der Waals surface area (Å²) in [5, 5.41) is 3.63. The van der Waals surface area contributed by atoms with E-state index in [1.807, 2.05) is 41.3 Å². The Balaban J connectivity index is 1.24. The van der Waals surface area contributed by atoms with Crippen LogP contribution in [0.2, 0.25) is 0 Å². The summed E-state index contributed by atoms with van der Waals surface area (Å²) in [5.41, 5.74) is 4.28. The number of carbonyl (C=O) groups is 3.